The van der Waals surface area contributed by atoms with Crippen LogP contribution in [0.3, 0.4) is 0 Å². The summed E-state index contributed by atoms with van der Waals surface area (Å²) < 4.78 is 0. The van der Waals surface area contributed by atoms with Gasteiger partial charge in [-0.25, -0.2) is 9.97 Å². The van der Waals surface area contributed by atoms with E-state index < -0.39 is 0 Å². The second-order valence-corrected chi connectivity index (χ2v) is 5.24. The molecule has 0 radical (unpaired) electrons. The van der Waals surface area contributed by atoms with E-state index in [0.717, 1.165) is 24.8 Å². The van der Waals surface area contributed by atoms with Crippen molar-refractivity contribution in [3.05, 3.63) is 23.8 Å². The summed E-state index contributed by atoms with van der Waals surface area (Å²) in [6.07, 6.45) is 8.97. The molecular formula is C14H23N3. The zero-order valence-corrected chi connectivity index (χ0v) is 10.9. The predicted molar refractivity (Wildman–Crippen MR) is 69.8 cm³/mol. The highest BCUT2D eigenvalue weighted by Gasteiger charge is 2.24. The molecule has 0 bridgehead atoms. The van der Waals surface area contributed by atoms with Gasteiger partial charge in [0.2, 0.25) is 0 Å². The Bertz CT molecular complexity index is 334. The number of rotatable bonds is 5. The molecule has 1 fully saturated rings. The van der Waals surface area contributed by atoms with Crippen LogP contribution in [0.25, 0.3) is 0 Å². The van der Waals surface area contributed by atoms with Crippen LogP contribution in [0.2, 0.25) is 0 Å². The Morgan fingerprint density at radius 1 is 1.29 bits per heavy atom. The Morgan fingerprint density at radius 3 is 2.65 bits per heavy atom. The number of nitrogens with zero attached hydrogens (tertiary/aromatic N) is 2. The molecule has 2 unspecified atom stereocenters. The fourth-order valence-corrected chi connectivity index (χ4v) is 2.52. The molecule has 2 rings (SSSR count). The normalized spacial score (nSPS) is 24.1. The van der Waals surface area contributed by atoms with Crippen LogP contribution in [-0.2, 0) is 6.54 Å². The van der Waals surface area contributed by atoms with Crippen molar-refractivity contribution in [2.24, 2.45) is 5.92 Å². The van der Waals surface area contributed by atoms with Gasteiger partial charge in [0.1, 0.15) is 5.82 Å². The summed E-state index contributed by atoms with van der Waals surface area (Å²) in [6.45, 7) is 6.44. The topological polar surface area (TPSA) is 37.8 Å². The molecule has 0 aromatic carbocycles. The lowest BCUT2D eigenvalue weighted by molar-refractivity contribution is 0.584. The van der Waals surface area contributed by atoms with Gasteiger partial charge < -0.3 is 5.32 Å². The van der Waals surface area contributed by atoms with Crippen molar-refractivity contribution in [1.29, 1.82) is 0 Å². The van der Waals surface area contributed by atoms with E-state index in [1.165, 1.54) is 31.2 Å². The summed E-state index contributed by atoms with van der Waals surface area (Å²) in [4.78, 5) is 9.05. The summed E-state index contributed by atoms with van der Waals surface area (Å²) in [5, 5.41) is 3.37. The second kappa shape index (κ2) is 6.10. The van der Waals surface area contributed by atoms with Gasteiger partial charge in [0.15, 0.2) is 0 Å². The summed E-state index contributed by atoms with van der Waals surface area (Å²) in [5.74, 6) is 2.49. The summed E-state index contributed by atoms with van der Waals surface area (Å²) >= 11 is 0. The highest BCUT2D eigenvalue weighted by Crippen LogP contribution is 2.35. The highest BCUT2D eigenvalue weighted by molar-refractivity contribution is 5.08. The molecule has 1 N–H and O–H groups in total. The molecule has 1 heterocycles. The van der Waals surface area contributed by atoms with E-state index in [1.54, 1.807) is 0 Å². The average molecular weight is 233 g/mol. The molecule has 3 heteroatoms. The number of hydrogen-bond acceptors (Lipinski definition) is 3. The Kier molecular flexibility index (Phi) is 4.49. The van der Waals surface area contributed by atoms with Crippen molar-refractivity contribution in [3.63, 3.8) is 0 Å². The van der Waals surface area contributed by atoms with Crippen LogP contribution in [0.1, 0.15) is 56.8 Å². The molecule has 1 saturated carbocycles. The van der Waals surface area contributed by atoms with E-state index in [1.807, 2.05) is 12.4 Å². The van der Waals surface area contributed by atoms with Crippen LogP contribution < -0.4 is 5.32 Å². The zero-order chi connectivity index (χ0) is 12.1. The number of aromatic nitrogens is 2. The SMILES string of the molecule is CCCNCc1cnc(C2CCC(C)C2)nc1. The standard InChI is InChI=1S/C14H23N3/c1-3-6-15-8-12-9-16-14(17-10-12)13-5-4-11(2)7-13/h9-11,13,15H,3-8H2,1-2H3. The van der Waals surface area contributed by atoms with E-state index in [0.29, 0.717) is 5.92 Å². The van der Waals surface area contributed by atoms with Gasteiger partial charge in [-0.3, -0.25) is 0 Å². The Morgan fingerprint density at radius 2 is 2.06 bits per heavy atom. The van der Waals surface area contributed by atoms with Gasteiger partial charge >= 0.3 is 0 Å². The van der Waals surface area contributed by atoms with Gasteiger partial charge in [-0.2, -0.15) is 0 Å². The lowest BCUT2D eigenvalue weighted by atomic mass is 10.1. The van der Waals surface area contributed by atoms with Gasteiger partial charge in [-0.1, -0.05) is 13.8 Å². The second-order valence-electron chi connectivity index (χ2n) is 5.24. The van der Waals surface area contributed by atoms with E-state index >= 15 is 0 Å². The van der Waals surface area contributed by atoms with Gasteiger partial charge in [-0.15, -0.1) is 0 Å². The van der Waals surface area contributed by atoms with Gasteiger partial charge in [0, 0.05) is 30.4 Å². The Labute approximate surface area is 104 Å². The lowest BCUT2D eigenvalue weighted by Crippen LogP contribution is -2.14. The maximum Gasteiger partial charge on any atom is 0.131 e. The number of hydrogen-bond donors (Lipinski definition) is 1. The molecule has 1 aromatic heterocycles. The first kappa shape index (κ1) is 12.5. The molecule has 94 valence electrons. The average Bonchev–Trinajstić information content (AvgIpc) is 2.77. The van der Waals surface area contributed by atoms with Crippen molar-refractivity contribution in [2.75, 3.05) is 6.54 Å². The van der Waals surface area contributed by atoms with Crippen LogP contribution in [0.15, 0.2) is 12.4 Å². The fourth-order valence-electron chi connectivity index (χ4n) is 2.52. The maximum absolute atomic E-state index is 4.52. The van der Waals surface area contributed by atoms with Crippen molar-refractivity contribution < 1.29 is 0 Å². The molecule has 1 aliphatic rings. The highest BCUT2D eigenvalue weighted by atomic mass is 14.9. The summed E-state index contributed by atoms with van der Waals surface area (Å²) in [7, 11) is 0. The van der Waals surface area contributed by atoms with E-state index in [-0.39, 0.29) is 0 Å². The molecule has 0 amide bonds. The third kappa shape index (κ3) is 3.50. The van der Waals surface area contributed by atoms with Crippen molar-refractivity contribution >= 4 is 0 Å². The minimum Gasteiger partial charge on any atom is -0.313 e. The van der Waals surface area contributed by atoms with E-state index in [4.69, 9.17) is 0 Å². The van der Waals surface area contributed by atoms with E-state index in [9.17, 15) is 0 Å². The first-order valence-corrected chi connectivity index (χ1v) is 6.81. The van der Waals surface area contributed by atoms with Crippen LogP contribution >= 0.6 is 0 Å². The molecule has 1 aliphatic carbocycles. The van der Waals surface area contributed by atoms with Crippen LogP contribution in [0.4, 0.5) is 0 Å². The number of nitrogens with one attached hydrogen (secondary N) is 1. The molecular weight excluding hydrogens is 210 g/mol. The minimum absolute atomic E-state index is 0.600. The van der Waals surface area contributed by atoms with E-state index in [2.05, 4.69) is 29.1 Å². The molecule has 1 aromatic rings. The third-order valence-electron chi connectivity index (χ3n) is 3.54. The molecule has 0 saturated heterocycles. The third-order valence-corrected chi connectivity index (χ3v) is 3.54. The van der Waals surface area contributed by atoms with Gasteiger partial charge in [0.05, 0.1) is 0 Å². The lowest BCUT2D eigenvalue weighted by Gasteiger charge is -2.08. The van der Waals surface area contributed by atoms with Crippen molar-refractivity contribution in [1.82, 2.24) is 15.3 Å². The molecule has 0 spiro atoms. The van der Waals surface area contributed by atoms with Gasteiger partial charge in [-0.05, 0) is 38.1 Å². The smallest absolute Gasteiger partial charge is 0.131 e. The molecule has 2 atom stereocenters. The first-order valence-electron chi connectivity index (χ1n) is 6.81. The quantitative estimate of drug-likeness (QED) is 0.795. The van der Waals surface area contributed by atoms with Crippen LogP contribution in [0.5, 0.6) is 0 Å². The van der Waals surface area contributed by atoms with Crippen LogP contribution in [-0.4, -0.2) is 16.5 Å². The Balaban J connectivity index is 1.89. The maximum atomic E-state index is 4.52. The largest absolute Gasteiger partial charge is 0.313 e. The van der Waals surface area contributed by atoms with Crippen molar-refractivity contribution in [2.45, 2.75) is 52.0 Å². The minimum atomic E-state index is 0.600. The molecule has 17 heavy (non-hydrogen) atoms. The summed E-state index contributed by atoms with van der Waals surface area (Å²) in [6, 6.07) is 0. The molecule has 3 nitrogen and oxygen atoms in total. The first-order chi connectivity index (χ1) is 8.29. The zero-order valence-electron chi connectivity index (χ0n) is 10.9. The van der Waals surface area contributed by atoms with Crippen LogP contribution in [0, 0.1) is 5.92 Å². The monoisotopic (exact) mass is 233 g/mol. The van der Waals surface area contributed by atoms with Crippen molar-refractivity contribution in [3.8, 4) is 0 Å². The fraction of sp³-hybridized carbons (Fsp3) is 0.714. The Hall–Kier alpha value is -0.960. The predicted octanol–water partition coefficient (Wildman–Crippen LogP) is 2.88. The summed E-state index contributed by atoms with van der Waals surface area (Å²) in [5.41, 5.74) is 1.19. The molecule has 0 aliphatic heterocycles. The van der Waals surface area contributed by atoms with Gasteiger partial charge in [0.25, 0.3) is 0 Å².